The normalized spacial score (nSPS) is 14.4. The van der Waals surface area contributed by atoms with Gasteiger partial charge in [0.1, 0.15) is 16.5 Å². The first kappa shape index (κ1) is 26.8. The number of aryl methyl sites for hydroxylation is 1. The number of carbonyl (C=O) groups excluding carboxylic acids is 1. The molecule has 37 heavy (non-hydrogen) atoms. The summed E-state index contributed by atoms with van der Waals surface area (Å²) in [5, 5.41) is 6.92. The van der Waals surface area contributed by atoms with E-state index in [1.165, 1.54) is 17.6 Å². The van der Waals surface area contributed by atoms with Crippen molar-refractivity contribution in [2.24, 2.45) is 5.73 Å². The second-order valence-electron chi connectivity index (χ2n) is 8.81. The molecule has 1 aliphatic heterocycles. The van der Waals surface area contributed by atoms with Gasteiger partial charge in [-0.05, 0) is 44.4 Å². The van der Waals surface area contributed by atoms with Crippen LogP contribution in [0.2, 0.25) is 0 Å². The maximum Gasteiger partial charge on any atom is 0.350 e. The molecule has 0 aliphatic carbocycles. The van der Waals surface area contributed by atoms with Crippen molar-refractivity contribution in [2.45, 2.75) is 44.2 Å². The molecule has 0 atom stereocenters. The lowest BCUT2D eigenvalue weighted by molar-refractivity contribution is 0.0531. The molecule has 1 aliphatic rings. The molecular formula is C24H31N7O4S2. The summed E-state index contributed by atoms with van der Waals surface area (Å²) in [4.78, 5) is 28.8. The minimum absolute atomic E-state index is 0.183. The van der Waals surface area contributed by atoms with Crippen molar-refractivity contribution in [3.05, 3.63) is 46.5 Å². The predicted octanol–water partition coefficient (Wildman–Crippen LogP) is 3.10. The van der Waals surface area contributed by atoms with Crippen molar-refractivity contribution in [3.8, 4) is 0 Å². The van der Waals surface area contributed by atoms with Gasteiger partial charge in [0.25, 0.3) is 0 Å². The van der Waals surface area contributed by atoms with Crippen molar-refractivity contribution >= 4 is 49.9 Å². The molecule has 11 nitrogen and oxygen atoms in total. The standard InChI is InChI=1S/C24H31N7O4S2/c1-4-35-22(32)21-15(2)27-24(36-21)30-23-28-19(13-20(29-23)31-11-9-17(25)10-12-31)26-14-16-5-7-18(8-6-16)37(3,33)34/h5-8,13,17H,4,9-12,14,25H2,1-3H3,(H2,26,27,28,29,30). The molecule has 4 rings (SSSR count). The van der Waals surface area contributed by atoms with E-state index in [1.807, 2.05) is 6.07 Å². The van der Waals surface area contributed by atoms with Gasteiger partial charge in [-0.3, -0.25) is 5.32 Å². The number of piperidine rings is 1. The molecule has 1 fully saturated rings. The summed E-state index contributed by atoms with van der Waals surface area (Å²) in [5.74, 6) is 1.27. The molecule has 3 aromatic rings. The molecule has 13 heteroatoms. The summed E-state index contributed by atoms with van der Waals surface area (Å²) >= 11 is 1.19. The molecule has 1 saturated heterocycles. The summed E-state index contributed by atoms with van der Waals surface area (Å²) in [5.41, 5.74) is 7.56. The Labute approximate surface area is 220 Å². The van der Waals surface area contributed by atoms with Crippen LogP contribution < -0.4 is 21.3 Å². The Morgan fingerprint density at radius 3 is 2.54 bits per heavy atom. The van der Waals surface area contributed by atoms with E-state index in [0.29, 0.717) is 34.0 Å². The van der Waals surface area contributed by atoms with Gasteiger partial charge < -0.3 is 20.7 Å². The lowest BCUT2D eigenvalue weighted by Gasteiger charge is -2.31. The van der Waals surface area contributed by atoms with Gasteiger partial charge in [-0.2, -0.15) is 9.97 Å². The number of sulfone groups is 1. The number of nitrogens with zero attached hydrogens (tertiary/aromatic N) is 4. The second kappa shape index (κ2) is 11.4. The van der Waals surface area contributed by atoms with Crippen molar-refractivity contribution in [3.63, 3.8) is 0 Å². The quantitative estimate of drug-likeness (QED) is 0.340. The van der Waals surface area contributed by atoms with Crippen LogP contribution in [0.3, 0.4) is 0 Å². The molecule has 4 N–H and O–H groups in total. The van der Waals surface area contributed by atoms with Gasteiger partial charge in [0, 0.05) is 38.0 Å². The Morgan fingerprint density at radius 2 is 1.89 bits per heavy atom. The fraction of sp³-hybridized carbons (Fsp3) is 0.417. The monoisotopic (exact) mass is 545 g/mol. The number of hydrogen-bond acceptors (Lipinski definition) is 12. The van der Waals surface area contributed by atoms with Crippen molar-refractivity contribution in [1.29, 1.82) is 0 Å². The van der Waals surface area contributed by atoms with Crippen LogP contribution >= 0.6 is 11.3 Å². The Morgan fingerprint density at radius 1 is 1.19 bits per heavy atom. The van der Waals surface area contributed by atoms with Crippen molar-refractivity contribution in [2.75, 3.05) is 41.5 Å². The van der Waals surface area contributed by atoms with Crippen LogP contribution in [0.1, 0.15) is 40.7 Å². The Bertz CT molecular complexity index is 1350. The zero-order chi connectivity index (χ0) is 26.6. The van der Waals surface area contributed by atoms with Gasteiger partial charge >= 0.3 is 5.97 Å². The lowest BCUT2D eigenvalue weighted by Crippen LogP contribution is -2.40. The van der Waals surface area contributed by atoms with Crippen LogP contribution in [0.4, 0.5) is 22.7 Å². The Balaban J connectivity index is 1.56. The number of rotatable bonds is 9. The molecule has 0 amide bonds. The van der Waals surface area contributed by atoms with Crippen LogP contribution in [-0.2, 0) is 21.1 Å². The van der Waals surface area contributed by atoms with Gasteiger partial charge in [-0.25, -0.2) is 18.2 Å². The molecule has 1 aromatic carbocycles. The molecule has 2 aromatic heterocycles. The fourth-order valence-corrected chi connectivity index (χ4v) is 5.33. The smallest absolute Gasteiger partial charge is 0.350 e. The van der Waals surface area contributed by atoms with Crippen LogP contribution in [-0.4, -0.2) is 61.3 Å². The van der Waals surface area contributed by atoms with Gasteiger partial charge in [0.2, 0.25) is 5.95 Å². The number of nitrogens with one attached hydrogen (secondary N) is 2. The van der Waals surface area contributed by atoms with E-state index < -0.39 is 15.8 Å². The van der Waals surface area contributed by atoms with E-state index in [2.05, 4.69) is 25.5 Å². The highest BCUT2D eigenvalue weighted by atomic mass is 32.2. The van der Waals surface area contributed by atoms with Crippen LogP contribution in [0.5, 0.6) is 0 Å². The predicted molar refractivity (Wildman–Crippen MR) is 144 cm³/mol. The first-order chi connectivity index (χ1) is 17.6. The zero-order valence-corrected chi connectivity index (χ0v) is 22.7. The van der Waals surface area contributed by atoms with E-state index in [1.54, 1.807) is 38.1 Å². The maximum absolute atomic E-state index is 12.2. The average molecular weight is 546 g/mol. The first-order valence-electron chi connectivity index (χ1n) is 12.0. The zero-order valence-electron chi connectivity index (χ0n) is 21.0. The number of anilines is 4. The van der Waals surface area contributed by atoms with E-state index in [9.17, 15) is 13.2 Å². The number of esters is 1. The number of hydrogen-bond donors (Lipinski definition) is 3. The Kier molecular flexibility index (Phi) is 8.25. The fourth-order valence-electron chi connectivity index (χ4n) is 3.85. The highest BCUT2D eigenvalue weighted by Gasteiger charge is 2.20. The van der Waals surface area contributed by atoms with Crippen LogP contribution in [0.15, 0.2) is 35.2 Å². The Hall–Kier alpha value is -3.29. The molecule has 0 radical (unpaired) electrons. The number of nitrogens with two attached hydrogens (primary N) is 1. The minimum atomic E-state index is -3.25. The number of benzene rings is 1. The molecule has 0 bridgehead atoms. The van der Waals surface area contributed by atoms with Gasteiger partial charge in [-0.15, -0.1) is 0 Å². The summed E-state index contributed by atoms with van der Waals surface area (Å²) < 4.78 is 28.6. The second-order valence-corrected chi connectivity index (χ2v) is 11.8. The summed E-state index contributed by atoms with van der Waals surface area (Å²) in [6, 6.07) is 8.78. The number of ether oxygens (including phenoxy) is 1. The lowest BCUT2D eigenvalue weighted by atomic mass is 10.1. The molecule has 198 valence electrons. The van der Waals surface area contributed by atoms with E-state index in [0.717, 1.165) is 37.3 Å². The maximum atomic E-state index is 12.2. The van der Waals surface area contributed by atoms with E-state index >= 15 is 0 Å². The number of thiazole rings is 1. The molecule has 3 heterocycles. The highest BCUT2D eigenvalue weighted by Crippen LogP contribution is 2.28. The van der Waals surface area contributed by atoms with Crippen LogP contribution in [0.25, 0.3) is 0 Å². The van der Waals surface area contributed by atoms with E-state index in [4.69, 9.17) is 15.5 Å². The number of carbonyl (C=O) groups is 1. The number of aromatic nitrogens is 3. The summed E-state index contributed by atoms with van der Waals surface area (Å²) in [7, 11) is -3.25. The summed E-state index contributed by atoms with van der Waals surface area (Å²) in [6.07, 6.45) is 2.93. The summed E-state index contributed by atoms with van der Waals surface area (Å²) in [6.45, 7) is 5.81. The van der Waals surface area contributed by atoms with Crippen LogP contribution in [0, 0.1) is 6.92 Å². The minimum Gasteiger partial charge on any atom is -0.462 e. The van der Waals surface area contributed by atoms with Crippen molar-refractivity contribution in [1.82, 2.24) is 15.0 Å². The largest absolute Gasteiger partial charge is 0.462 e. The topological polar surface area (TPSA) is 152 Å². The molecule has 0 unspecified atom stereocenters. The highest BCUT2D eigenvalue weighted by molar-refractivity contribution is 7.90. The van der Waals surface area contributed by atoms with Gasteiger partial charge in [-0.1, -0.05) is 23.5 Å². The van der Waals surface area contributed by atoms with Gasteiger partial charge in [0.15, 0.2) is 15.0 Å². The van der Waals surface area contributed by atoms with Gasteiger partial charge in [0.05, 0.1) is 17.2 Å². The third-order valence-electron chi connectivity index (χ3n) is 5.88. The molecular weight excluding hydrogens is 514 g/mol. The van der Waals surface area contributed by atoms with E-state index in [-0.39, 0.29) is 17.5 Å². The molecule has 0 spiro atoms. The molecule has 0 saturated carbocycles. The SMILES string of the molecule is CCOC(=O)c1sc(Nc2nc(NCc3ccc(S(C)(=O)=O)cc3)cc(N3CCC(N)CC3)n2)nc1C. The average Bonchev–Trinajstić information content (AvgIpc) is 3.22. The third-order valence-corrected chi connectivity index (χ3v) is 8.06. The van der Waals surface area contributed by atoms with Crippen molar-refractivity contribution < 1.29 is 17.9 Å². The third kappa shape index (κ3) is 6.93. The first-order valence-corrected chi connectivity index (χ1v) is 14.7.